The quantitative estimate of drug-likeness (QED) is 0.804. The van der Waals surface area contributed by atoms with Crippen molar-refractivity contribution in [3.8, 4) is 11.5 Å². The number of nitrogens with two attached hydrogens (primary N) is 1. The van der Waals surface area contributed by atoms with Gasteiger partial charge >= 0.3 is 0 Å². The number of rotatable bonds is 3. The molecule has 0 radical (unpaired) electrons. The molecule has 96 valence electrons. The van der Waals surface area contributed by atoms with Gasteiger partial charge in [-0.3, -0.25) is 4.79 Å². The molecule has 5 heteroatoms. The van der Waals surface area contributed by atoms with Crippen molar-refractivity contribution in [2.75, 3.05) is 17.8 Å². The highest BCUT2D eigenvalue weighted by Crippen LogP contribution is 2.38. The van der Waals surface area contributed by atoms with Gasteiger partial charge in [0.05, 0.1) is 11.4 Å². The van der Waals surface area contributed by atoms with Gasteiger partial charge in [-0.1, -0.05) is 6.42 Å². The third-order valence-corrected chi connectivity index (χ3v) is 3.52. The van der Waals surface area contributed by atoms with Gasteiger partial charge in [0.15, 0.2) is 11.5 Å². The minimum absolute atomic E-state index is 0.0188. The van der Waals surface area contributed by atoms with Crippen molar-refractivity contribution >= 4 is 17.3 Å². The monoisotopic (exact) mass is 248 g/mol. The number of benzene rings is 1. The maximum atomic E-state index is 11.8. The van der Waals surface area contributed by atoms with Crippen molar-refractivity contribution in [2.24, 2.45) is 5.92 Å². The molecule has 2 aliphatic rings. The smallest absolute Gasteiger partial charge is 0.231 e. The van der Waals surface area contributed by atoms with E-state index in [1.807, 2.05) is 0 Å². The minimum Gasteiger partial charge on any atom is -0.454 e. The summed E-state index contributed by atoms with van der Waals surface area (Å²) in [6.45, 7) is 0.203. The number of anilines is 2. The molecule has 1 aromatic rings. The van der Waals surface area contributed by atoms with Crippen molar-refractivity contribution < 1.29 is 14.3 Å². The second-order valence-electron chi connectivity index (χ2n) is 4.84. The van der Waals surface area contributed by atoms with Gasteiger partial charge in [-0.15, -0.1) is 0 Å². The van der Waals surface area contributed by atoms with Gasteiger partial charge in [0.25, 0.3) is 0 Å². The van der Waals surface area contributed by atoms with Gasteiger partial charge in [-0.25, -0.2) is 0 Å². The van der Waals surface area contributed by atoms with E-state index in [9.17, 15) is 4.79 Å². The Labute approximate surface area is 105 Å². The third kappa shape index (κ3) is 2.08. The Morgan fingerprint density at radius 3 is 2.72 bits per heavy atom. The zero-order valence-electron chi connectivity index (χ0n) is 10.1. The van der Waals surface area contributed by atoms with E-state index in [2.05, 4.69) is 5.32 Å². The maximum Gasteiger partial charge on any atom is 0.231 e. The molecular formula is C13H16N2O3. The van der Waals surface area contributed by atoms with E-state index in [1.54, 1.807) is 12.1 Å². The summed E-state index contributed by atoms with van der Waals surface area (Å²) >= 11 is 0. The first-order valence-electron chi connectivity index (χ1n) is 6.21. The fraction of sp³-hybridized carbons (Fsp3) is 0.462. The standard InChI is InChI=1S/C13H16N2O3/c14-9-5-11-12(18-7-17-11)6-10(9)15-13(16)4-8-2-1-3-8/h5-6,8H,1-4,7,14H2,(H,15,16). The number of ether oxygens (including phenoxy) is 2. The lowest BCUT2D eigenvalue weighted by molar-refractivity contribution is -0.117. The van der Waals surface area contributed by atoms with Gasteiger partial charge in [-0.2, -0.15) is 0 Å². The summed E-state index contributed by atoms with van der Waals surface area (Å²) in [4.78, 5) is 11.8. The zero-order valence-corrected chi connectivity index (χ0v) is 10.1. The largest absolute Gasteiger partial charge is 0.454 e. The van der Waals surface area contributed by atoms with Crippen molar-refractivity contribution in [3.05, 3.63) is 12.1 Å². The van der Waals surface area contributed by atoms with E-state index < -0.39 is 0 Å². The van der Waals surface area contributed by atoms with Gasteiger partial charge in [-0.05, 0) is 18.8 Å². The van der Waals surface area contributed by atoms with E-state index >= 15 is 0 Å². The number of hydrogen-bond donors (Lipinski definition) is 2. The fourth-order valence-corrected chi connectivity index (χ4v) is 2.23. The summed E-state index contributed by atoms with van der Waals surface area (Å²) in [7, 11) is 0. The number of hydrogen-bond acceptors (Lipinski definition) is 4. The highest BCUT2D eigenvalue weighted by molar-refractivity contribution is 5.94. The predicted molar refractivity (Wildman–Crippen MR) is 67.6 cm³/mol. The summed E-state index contributed by atoms with van der Waals surface area (Å²) in [6, 6.07) is 3.40. The number of nitrogen functional groups attached to an aromatic ring is 1. The van der Waals surface area contributed by atoms with Gasteiger partial charge < -0.3 is 20.5 Å². The van der Waals surface area contributed by atoms with Crippen LogP contribution in [-0.4, -0.2) is 12.7 Å². The van der Waals surface area contributed by atoms with Crippen molar-refractivity contribution in [1.82, 2.24) is 0 Å². The molecule has 0 spiro atoms. The molecule has 1 fully saturated rings. The van der Waals surface area contributed by atoms with E-state index in [-0.39, 0.29) is 12.7 Å². The molecule has 0 bridgehead atoms. The fourth-order valence-electron chi connectivity index (χ4n) is 2.23. The summed E-state index contributed by atoms with van der Waals surface area (Å²) in [6.07, 6.45) is 4.13. The summed E-state index contributed by atoms with van der Waals surface area (Å²) in [5.74, 6) is 1.82. The lowest BCUT2D eigenvalue weighted by Gasteiger charge is -2.24. The minimum atomic E-state index is 0.0188. The van der Waals surface area contributed by atoms with Crippen LogP contribution in [0.3, 0.4) is 0 Å². The Morgan fingerprint density at radius 1 is 1.33 bits per heavy atom. The first kappa shape index (κ1) is 11.2. The van der Waals surface area contributed by atoms with Crippen molar-refractivity contribution in [1.29, 1.82) is 0 Å². The Kier molecular flexibility index (Phi) is 2.74. The predicted octanol–water partition coefficient (Wildman–Crippen LogP) is 2.13. The van der Waals surface area contributed by atoms with Crippen LogP contribution in [0.25, 0.3) is 0 Å². The molecule has 3 rings (SSSR count). The average molecular weight is 248 g/mol. The molecule has 0 saturated heterocycles. The first-order valence-corrected chi connectivity index (χ1v) is 6.21. The number of fused-ring (bicyclic) bond motifs is 1. The molecule has 1 amide bonds. The van der Waals surface area contributed by atoms with Crippen LogP contribution in [-0.2, 0) is 4.79 Å². The van der Waals surface area contributed by atoms with Crippen LogP contribution in [0.5, 0.6) is 11.5 Å². The number of carbonyl (C=O) groups is 1. The SMILES string of the molecule is Nc1cc2c(cc1NC(=O)CC1CCC1)OCO2. The van der Waals surface area contributed by atoms with E-state index in [0.29, 0.717) is 35.2 Å². The van der Waals surface area contributed by atoms with Crippen LogP contribution >= 0.6 is 0 Å². The summed E-state index contributed by atoms with van der Waals surface area (Å²) < 4.78 is 10.5. The molecule has 1 aliphatic carbocycles. The van der Waals surface area contributed by atoms with Crippen LogP contribution in [0.15, 0.2) is 12.1 Å². The Morgan fingerprint density at radius 2 is 2.06 bits per heavy atom. The third-order valence-electron chi connectivity index (χ3n) is 3.52. The summed E-state index contributed by atoms with van der Waals surface area (Å²) in [5.41, 5.74) is 6.97. The van der Waals surface area contributed by atoms with Gasteiger partial charge in [0, 0.05) is 18.6 Å². The Balaban J connectivity index is 1.69. The normalized spacial score (nSPS) is 17.3. The molecule has 1 saturated carbocycles. The molecular weight excluding hydrogens is 232 g/mol. The second kappa shape index (κ2) is 4.40. The maximum absolute atomic E-state index is 11.8. The molecule has 18 heavy (non-hydrogen) atoms. The molecule has 0 aromatic heterocycles. The van der Waals surface area contributed by atoms with E-state index in [4.69, 9.17) is 15.2 Å². The molecule has 0 atom stereocenters. The van der Waals surface area contributed by atoms with Crippen LogP contribution in [0.2, 0.25) is 0 Å². The van der Waals surface area contributed by atoms with Crippen molar-refractivity contribution in [3.63, 3.8) is 0 Å². The molecule has 1 aromatic carbocycles. The van der Waals surface area contributed by atoms with Crippen LogP contribution in [0.1, 0.15) is 25.7 Å². The highest BCUT2D eigenvalue weighted by Gasteiger charge is 2.22. The number of nitrogens with one attached hydrogen (secondary N) is 1. The van der Waals surface area contributed by atoms with Crippen molar-refractivity contribution in [2.45, 2.75) is 25.7 Å². The van der Waals surface area contributed by atoms with Crippen LogP contribution in [0.4, 0.5) is 11.4 Å². The highest BCUT2D eigenvalue weighted by atomic mass is 16.7. The zero-order chi connectivity index (χ0) is 12.5. The number of amides is 1. The molecule has 0 unspecified atom stereocenters. The lowest BCUT2D eigenvalue weighted by Crippen LogP contribution is -2.21. The van der Waals surface area contributed by atoms with Gasteiger partial charge in [0.1, 0.15) is 0 Å². The summed E-state index contributed by atoms with van der Waals surface area (Å²) in [5, 5.41) is 2.84. The second-order valence-corrected chi connectivity index (χ2v) is 4.84. The number of carbonyl (C=O) groups excluding carboxylic acids is 1. The Hall–Kier alpha value is -1.91. The first-order chi connectivity index (χ1) is 8.72. The van der Waals surface area contributed by atoms with E-state index in [0.717, 1.165) is 12.8 Å². The van der Waals surface area contributed by atoms with E-state index in [1.165, 1.54) is 6.42 Å². The molecule has 5 nitrogen and oxygen atoms in total. The molecule has 1 heterocycles. The Bertz CT molecular complexity index is 483. The lowest BCUT2D eigenvalue weighted by atomic mass is 9.83. The molecule has 1 aliphatic heterocycles. The van der Waals surface area contributed by atoms with Crippen LogP contribution in [0, 0.1) is 5.92 Å². The molecule has 3 N–H and O–H groups in total. The van der Waals surface area contributed by atoms with Crippen LogP contribution < -0.4 is 20.5 Å². The van der Waals surface area contributed by atoms with Gasteiger partial charge in [0.2, 0.25) is 12.7 Å². The average Bonchev–Trinajstić information content (AvgIpc) is 2.71. The topological polar surface area (TPSA) is 73.6 Å².